The van der Waals surface area contributed by atoms with E-state index < -0.39 is 27.9 Å². The van der Waals surface area contributed by atoms with Gasteiger partial charge in [0.2, 0.25) is 15.9 Å². The number of sulfonamides is 1. The van der Waals surface area contributed by atoms with Crippen molar-refractivity contribution in [1.29, 1.82) is 0 Å². The topological polar surface area (TPSA) is 118 Å². The molecule has 2 amide bonds. The molecule has 1 aromatic heterocycles. The van der Waals surface area contributed by atoms with E-state index in [4.69, 9.17) is 9.15 Å². The number of nitrogens with one attached hydrogen (secondary N) is 2. The largest absolute Gasteiger partial charge is 0.495 e. The lowest BCUT2D eigenvalue weighted by Gasteiger charge is -2.20. The molecule has 10 heteroatoms. The van der Waals surface area contributed by atoms with Crippen LogP contribution in [0.15, 0.2) is 45.9 Å². The minimum absolute atomic E-state index is 0.0320. The molecule has 158 valence electrons. The lowest BCUT2D eigenvalue weighted by molar-refractivity contribution is -0.117. The quantitative estimate of drug-likeness (QED) is 0.638. The monoisotopic (exact) mass is 423 g/mol. The van der Waals surface area contributed by atoms with Crippen LogP contribution in [-0.2, 0) is 14.8 Å². The Balaban J connectivity index is 2.22. The number of hydrogen-bond donors (Lipinski definition) is 2. The van der Waals surface area contributed by atoms with Crippen LogP contribution in [0.3, 0.4) is 0 Å². The molecule has 0 saturated heterocycles. The molecule has 29 heavy (non-hydrogen) atoms. The predicted molar refractivity (Wildman–Crippen MR) is 107 cm³/mol. The molecule has 1 heterocycles. The summed E-state index contributed by atoms with van der Waals surface area (Å²) in [5.41, 5.74) is 0.185. The fourth-order valence-corrected chi connectivity index (χ4v) is 4.12. The van der Waals surface area contributed by atoms with Crippen molar-refractivity contribution in [1.82, 2.24) is 9.62 Å². The number of methoxy groups -OCH3 is 1. The van der Waals surface area contributed by atoms with Crippen molar-refractivity contribution in [3.63, 3.8) is 0 Å². The van der Waals surface area contributed by atoms with Crippen molar-refractivity contribution in [3.8, 4) is 5.75 Å². The van der Waals surface area contributed by atoms with Crippen LogP contribution in [0.4, 0.5) is 5.69 Å². The summed E-state index contributed by atoms with van der Waals surface area (Å²) < 4.78 is 37.0. The van der Waals surface area contributed by atoms with Gasteiger partial charge >= 0.3 is 0 Å². The standard InChI is InChI=1S/C19H25N3O6S/c1-5-22(6-2)29(25,26)14-9-10-16(27-4)15(12-14)21-18(23)13(3)20-19(24)17-8-7-11-28-17/h7-13H,5-6H2,1-4H3,(H,20,24)(H,21,23)/t13-/m0/s1. The molecule has 9 nitrogen and oxygen atoms in total. The van der Waals surface area contributed by atoms with Crippen LogP contribution in [0.25, 0.3) is 0 Å². The first-order chi connectivity index (χ1) is 13.7. The zero-order valence-electron chi connectivity index (χ0n) is 16.8. The second kappa shape index (κ2) is 9.57. The van der Waals surface area contributed by atoms with Crippen LogP contribution < -0.4 is 15.4 Å². The molecule has 1 aromatic carbocycles. The highest BCUT2D eigenvalue weighted by Crippen LogP contribution is 2.29. The number of carbonyl (C=O) groups excluding carboxylic acids is 2. The van der Waals surface area contributed by atoms with Crippen LogP contribution in [0.2, 0.25) is 0 Å². The Morgan fingerprint density at radius 2 is 1.90 bits per heavy atom. The molecular weight excluding hydrogens is 398 g/mol. The van der Waals surface area contributed by atoms with Crippen LogP contribution in [0.5, 0.6) is 5.75 Å². The highest BCUT2D eigenvalue weighted by Gasteiger charge is 2.24. The molecule has 0 aliphatic carbocycles. The maximum absolute atomic E-state index is 12.7. The Bertz CT molecular complexity index is 952. The van der Waals surface area contributed by atoms with Gasteiger partial charge in [-0.3, -0.25) is 9.59 Å². The summed E-state index contributed by atoms with van der Waals surface area (Å²) in [7, 11) is -2.30. The fraction of sp³-hybridized carbons (Fsp3) is 0.368. The number of anilines is 1. The zero-order chi connectivity index (χ0) is 21.6. The molecule has 0 bridgehead atoms. The van der Waals surface area contributed by atoms with E-state index in [2.05, 4.69) is 10.6 Å². The first kappa shape index (κ1) is 22.4. The van der Waals surface area contributed by atoms with Crippen molar-refractivity contribution in [2.24, 2.45) is 0 Å². The lowest BCUT2D eigenvalue weighted by Crippen LogP contribution is -2.41. The molecule has 0 unspecified atom stereocenters. The first-order valence-corrected chi connectivity index (χ1v) is 10.5. The third kappa shape index (κ3) is 5.15. The minimum atomic E-state index is -3.71. The van der Waals surface area contributed by atoms with Crippen LogP contribution in [-0.4, -0.2) is 50.8 Å². The third-order valence-corrected chi connectivity index (χ3v) is 6.30. The van der Waals surface area contributed by atoms with Gasteiger partial charge in [0.05, 0.1) is 24.0 Å². The number of furan rings is 1. The number of rotatable bonds is 9. The maximum Gasteiger partial charge on any atom is 0.287 e. The molecule has 1 atom stereocenters. The summed E-state index contributed by atoms with van der Waals surface area (Å²) in [6.07, 6.45) is 1.35. The molecule has 2 aromatic rings. The fourth-order valence-electron chi connectivity index (χ4n) is 2.64. The second-order valence-electron chi connectivity index (χ2n) is 6.11. The number of nitrogens with zero attached hydrogens (tertiary/aromatic N) is 1. The number of ether oxygens (including phenoxy) is 1. The summed E-state index contributed by atoms with van der Waals surface area (Å²) in [6, 6.07) is 6.37. The van der Waals surface area contributed by atoms with Gasteiger partial charge in [-0.25, -0.2) is 8.42 Å². The number of carbonyl (C=O) groups is 2. The molecule has 0 radical (unpaired) electrons. The summed E-state index contributed by atoms with van der Waals surface area (Å²) in [6.45, 7) is 5.64. The summed E-state index contributed by atoms with van der Waals surface area (Å²) >= 11 is 0. The molecule has 0 saturated carbocycles. The van der Waals surface area contributed by atoms with E-state index in [1.54, 1.807) is 19.9 Å². The van der Waals surface area contributed by atoms with Crippen molar-refractivity contribution in [3.05, 3.63) is 42.4 Å². The molecule has 2 rings (SSSR count). The van der Waals surface area contributed by atoms with Gasteiger partial charge in [-0.1, -0.05) is 13.8 Å². The van der Waals surface area contributed by atoms with E-state index in [0.717, 1.165) is 0 Å². The van der Waals surface area contributed by atoms with Crippen LogP contribution in [0, 0.1) is 0 Å². The number of benzene rings is 1. The van der Waals surface area contributed by atoms with E-state index in [0.29, 0.717) is 18.8 Å². The van der Waals surface area contributed by atoms with Gasteiger partial charge in [0, 0.05) is 13.1 Å². The molecular formula is C19H25N3O6S. The molecule has 2 N–H and O–H groups in total. The maximum atomic E-state index is 12.7. The van der Waals surface area contributed by atoms with Gasteiger partial charge in [0.1, 0.15) is 11.8 Å². The molecule has 0 aliphatic heterocycles. The van der Waals surface area contributed by atoms with E-state index in [1.165, 1.54) is 48.9 Å². The van der Waals surface area contributed by atoms with Gasteiger partial charge in [-0.05, 0) is 37.3 Å². The Kier molecular flexibility index (Phi) is 7.40. The van der Waals surface area contributed by atoms with E-state index in [1.807, 2.05) is 0 Å². The van der Waals surface area contributed by atoms with Crippen molar-refractivity contribution < 1.29 is 27.2 Å². The van der Waals surface area contributed by atoms with Gasteiger partial charge in [-0.15, -0.1) is 0 Å². The average Bonchev–Trinajstić information content (AvgIpc) is 3.23. The normalized spacial score (nSPS) is 12.4. The highest BCUT2D eigenvalue weighted by molar-refractivity contribution is 7.89. The van der Waals surface area contributed by atoms with E-state index in [-0.39, 0.29) is 16.3 Å². The van der Waals surface area contributed by atoms with Gasteiger partial charge in [0.25, 0.3) is 5.91 Å². The summed E-state index contributed by atoms with van der Waals surface area (Å²) in [5.74, 6) is -0.709. The molecule has 0 aliphatic rings. The lowest BCUT2D eigenvalue weighted by atomic mass is 10.2. The third-order valence-electron chi connectivity index (χ3n) is 4.26. The Morgan fingerprint density at radius 1 is 1.21 bits per heavy atom. The molecule has 0 fully saturated rings. The number of amides is 2. The van der Waals surface area contributed by atoms with Gasteiger partial charge in [-0.2, -0.15) is 4.31 Å². The van der Waals surface area contributed by atoms with Crippen molar-refractivity contribution >= 4 is 27.5 Å². The van der Waals surface area contributed by atoms with Gasteiger partial charge in [0.15, 0.2) is 5.76 Å². The average molecular weight is 423 g/mol. The van der Waals surface area contributed by atoms with E-state index >= 15 is 0 Å². The predicted octanol–water partition coefficient (Wildman–Crippen LogP) is 2.08. The van der Waals surface area contributed by atoms with E-state index in [9.17, 15) is 18.0 Å². The highest BCUT2D eigenvalue weighted by atomic mass is 32.2. The van der Waals surface area contributed by atoms with Gasteiger partial charge < -0.3 is 19.8 Å². The summed E-state index contributed by atoms with van der Waals surface area (Å²) in [5, 5.41) is 5.12. The van der Waals surface area contributed by atoms with Crippen LogP contribution in [0.1, 0.15) is 31.3 Å². The Morgan fingerprint density at radius 3 is 2.45 bits per heavy atom. The van der Waals surface area contributed by atoms with Crippen molar-refractivity contribution in [2.45, 2.75) is 31.7 Å². The van der Waals surface area contributed by atoms with Crippen molar-refractivity contribution in [2.75, 3.05) is 25.5 Å². The zero-order valence-corrected chi connectivity index (χ0v) is 17.6. The smallest absolute Gasteiger partial charge is 0.287 e. The molecule has 0 spiro atoms. The minimum Gasteiger partial charge on any atom is -0.495 e. The summed E-state index contributed by atoms with van der Waals surface area (Å²) in [4.78, 5) is 24.6. The second-order valence-corrected chi connectivity index (χ2v) is 8.05. The number of hydrogen-bond acceptors (Lipinski definition) is 6. The SMILES string of the molecule is CCN(CC)S(=O)(=O)c1ccc(OC)c(NC(=O)[C@H](C)NC(=O)c2ccco2)c1. The van der Waals surface area contributed by atoms with Crippen LogP contribution >= 0.6 is 0 Å². The Hall–Kier alpha value is -2.85. The first-order valence-electron chi connectivity index (χ1n) is 9.08. The Labute approximate surface area is 170 Å².